The maximum atomic E-state index is 7.82. The molecular formula is C14H29IN3O+. The summed E-state index contributed by atoms with van der Waals surface area (Å²) in [5.74, 6) is 0. The van der Waals surface area contributed by atoms with E-state index in [0.717, 1.165) is 26.3 Å². The van der Waals surface area contributed by atoms with Crippen molar-refractivity contribution < 1.29 is 10.1 Å². The Kier molecular flexibility index (Phi) is 9.06. The van der Waals surface area contributed by atoms with Crippen LogP contribution in [0.3, 0.4) is 0 Å². The van der Waals surface area contributed by atoms with Crippen molar-refractivity contribution in [3.63, 3.8) is 0 Å². The van der Waals surface area contributed by atoms with Gasteiger partial charge in [0, 0.05) is 23.7 Å². The fourth-order valence-corrected chi connectivity index (χ4v) is 1.45. The minimum Gasteiger partial charge on any atom is -0.374 e. The van der Waals surface area contributed by atoms with E-state index in [1.165, 1.54) is 0 Å². The van der Waals surface area contributed by atoms with Crippen molar-refractivity contribution >= 4 is 28.3 Å². The Hall–Kier alpha value is 0.0200. The van der Waals surface area contributed by atoms with Crippen LogP contribution in [0.15, 0.2) is 12.3 Å². The predicted octanol–water partition coefficient (Wildman–Crippen LogP) is 1.91. The van der Waals surface area contributed by atoms with Crippen LogP contribution in [0, 0.1) is 10.8 Å². The monoisotopic (exact) mass is 382 g/mol. The maximum Gasteiger partial charge on any atom is 0.103 e. The molecule has 19 heavy (non-hydrogen) atoms. The summed E-state index contributed by atoms with van der Waals surface area (Å²) < 4.78 is 5.65. The summed E-state index contributed by atoms with van der Waals surface area (Å²) in [6, 6.07) is 0. The number of hydrogen-bond acceptors (Lipinski definition) is 3. The van der Waals surface area contributed by atoms with Crippen molar-refractivity contribution in [2.24, 2.45) is 5.41 Å². The number of ether oxygens (including phenoxy) is 1. The number of nitrogens with two attached hydrogens (primary N) is 1. The summed E-state index contributed by atoms with van der Waals surface area (Å²) in [6.45, 7) is 13.6. The minimum atomic E-state index is -0.0707. The number of alkyl halides is 1. The maximum absolute atomic E-state index is 7.82. The van der Waals surface area contributed by atoms with E-state index in [-0.39, 0.29) is 8.96 Å². The van der Waals surface area contributed by atoms with Gasteiger partial charge in [0.2, 0.25) is 0 Å². The van der Waals surface area contributed by atoms with Crippen molar-refractivity contribution in [1.82, 2.24) is 5.32 Å². The molecule has 0 saturated heterocycles. The largest absolute Gasteiger partial charge is 0.374 e. The normalized spacial score (nSPS) is 13.2. The van der Waals surface area contributed by atoms with Crippen molar-refractivity contribution in [3.05, 3.63) is 12.3 Å². The van der Waals surface area contributed by atoms with Crippen molar-refractivity contribution in [2.75, 3.05) is 26.3 Å². The molecule has 0 aliphatic heterocycles. The third-order valence-corrected chi connectivity index (χ3v) is 2.81. The summed E-state index contributed by atoms with van der Waals surface area (Å²) in [4.78, 5) is 0. The van der Waals surface area contributed by atoms with Crippen LogP contribution in [0.2, 0.25) is 0 Å². The average Bonchev–Trinajstić information content (AvgIpc) is 2.23. The standard InChI is InChI=1S/C14H28IN3O/c1-13(2,3)12(16)6-7-17-8-10-19-11-9-18-14(4,5)15/h6-7,16-18H,8-11H2,1-5H3/p+1. The second-order valence-corrected chi connectivity index (χ2v) is 8.76. The zero-order valence-corrected chi connectivity index (χ0v) is 15.0. The number of hydrogen-bond donors (Lipinski definition) is 3. The van der Waals surface area contributed by atoms with Gasteiger partial charge in [-0.05, 0) is 13.8 Å². The van der Waals surface area contributed by atoms with E-state index >= 15 is 0 Å². The highest BCUT2D eigenvalue weighted by molar-refractivity contribution is 14.1. The van der Waals surface area contributed by atoms with Gasteiger partial charge < -0.3 is 20.8 Å². The predicted molar refractivity (Wildman–Crippen MR) is 90.0 cm³/mol. The van der Waals surface area contributed by atoms with Crippen molar-refractivity contribution in [1.29, 1.82) is 5.41 Å². The van der Waals surface area contributed by atoms with Gasteiger partial charge in [0.15, 0.2) is 0 Å². The zero-order chi connectivity index (χ0) is 14.9. The first-order valence-corrected chi connectivity index (χ1v) is 7.81. The highest BCUT2D eigenvalue weighted by atomic mass is 127. The summed E-state index contributed by atoms with van der Waals surface area (Å²) in [5, 5.41) is 13.2. The first kappa shape index (κ1) is 19.0. The summed E-state index contributed by atoms with van der Waals surface area (Å²) in [6.07, 6.45) is 3.81. The van der Waals surface area contributed by atoms with Crippen LogP contribution in [-0.2, 0) is 4.74 Å². The number of quaternary nitrogens is 1. The Morgan fingerprint density at radius 1 is 1.26 bits per heavy atom. The molecule has 0 atom stereocenters. The van der Waals surface area contributed by atoms with Gasteiger partial charge in [-0.3, -0.25) is 0 Å². The average molecular weight is 382 g/mol. The highest BCUT2D eigenvalue weighted by Gasteiger charge is 2.14. The lowest BCUT2D eigenvalue weighted by molar-refractivity contribution is -0.589. The Morgan fingerprint density at radius 3 is 2.42 bits per heavy atom. The van der Waals surface area contributed by atoms with E-state index in [2.05, 4.69) is 47.1 Å². The molecule has 0 aliphatic carbocycles. The van der Waals surface area contributed by atoms with Crippen LogP contribution >= 0.6 is 22.6 Å². The third-order valence-electron chi connectivity index (χ3n) is 2.43. The third kappa shape index (κ3) is 12.8. The van der Waals surface area contributed by atoms with Gasteiger partial charge in [-0.1, -0.05) is 43.4 Å². The van der Waals surface area contributed by atoms with Crippen LogP contribution < -0.4 is 10.6 Å². The molecule has 0 amide bonds. The fourth-order valence-electron chi connectivity index (χ4n) is 1.18. The first-order valence-electron chi connectivity index (χ1n) is 6.73. The first-order chi connectivity index (χ1) is 8.63. The lowest BCUT2D eigenvalue weighted by atomic mass is 9.90. The fraction of sp³-hybridized carbons (Fsp3) is 0.786. The number of nitrogens with one attached hydrogen (secondary N) is 2. The summed E-state index contributed by atoms with van der Waals surface area (Å²) in [5.41, 5.74) is 0.580. The Balaban J connectivity index is 3.47. The molecule has 0 heterocycles. The van der Waals surface area contributed by atoms with Gasteiger partial charge in [-0.15, -0.1) is 0 Å². The second-order valence-electron chi connectivity index (χ2n) is 6.06. The SMILES string of the molecule is CC(C)(I)NCCOCC[NH2+]C=CC(=N)C(C)(C)C. The Bertz CT molecular complexity index is 290. The lowest BCUT2D eigenvalue weighted by Crippen LogP contribution is -2.79. The van der Waals surface area contributed by atoms with Crippen LogP contribution in [0.5, 0.6) is 0 Å². The van der Waals surface area contributed by atoms with E-state index in [4.69, 9.17) is 10.1 Å². The van der Waals surface area contributed by atoms with Gasteiger partial charge in [-0.25, -0.2) is 0 Å². The van der Waals surface area contributed by atoms with Gasteiger partial charge in [0.05, 0.1) is 23.0 Å². The van der Waals surface area contributed by atoms with Gasteiger partial charge in [-0.2, -0.15) is 0 Å². The molecule has 5 heteroatoms. The molecule has 0 bridgehead atoms. The Labute approximate surface area is 131 Å². The van der Waals surface area contributed by atoms with Crippen LogP contribution in [0.25, 0.3) is 0 Å². The molecule has 0 aromatic heterocycles. The van der Waals surface area contributed by atoms with Gasteiger partial charge in [0.25, 0.3) is 0 Å². The molecule has 0 aromatic carbocycles. The molecular weight excluding hydrogens is 353 g/mol. The van der Waals surface area contributed by atoms with E-state index in [9.17, 15) is 0 Å². The molecule has 0 unspecified atom stereocenters. The second kappa shape index (κ2) is 9.05. The number of rotatable bonds is 9. The number of allylic oxidation sites excluding steroid dienone is 1. The highest BCUT2D eigenvalue weighted by Crippen LogP contribution is 2.14. The van der Waals surface area contributed by atoms with Crippen LogP contribution in [0.4, 0.5) is 0 Å². The van der Waals surface area contributed by atoms with Crippen molar-refractivity contribution in [2.45, 2.75) is 38.2 Å². The van der Waals surface area contributed by atoms with Crippen molar-refractivity contribution in [3.8, 4) is 0 Å². The molecule has 0 rings (SSSR count). The topological polar surface area (TPSA) is 61.7 Å². The minimum absolute atomic E-state index is 0.0707. The molecule has 0 saturated carbocycles. The van der Waals surface area contributed by atoms with E-state index in [1.807, 2.05) is 33.0 Å². The molecule has 4 nitrogen and oxygen atoms in total. The molecule has 0 radical (unpaired) electrons. The molecule has 0 fully saturated rings. The summed E-state index contributed by atoms with van der Waals surface area (Å²) in [7, 11) is 0. The van der Waals surface area contributed by atoms with E-state index in [1.54, 1.807) is 0 Å². The summed E-state index contributed by atoms with van der Waals surface area (Å²) >= 11 is 2.37. The van der Waals surface area contributed by atoms with E-state index in [0.29, 0.717) is 5.71 Å². The van der Waals surface area contributed by atoms with Crippen LogP contribution in [-0.4, -0.2) is 35.6 Å². The van der Waals surface area contributed by atoms with Gasteiger partial charge in [0.1, 0.15) is 6.54 Å². The molecule has 0 aliphatic rings. The van der Waals surface area contributed by atoms with Gasteiger partial charge >= 0.3 is 0 Å². The zero-order valence-electron chi connectivity index (χ0n) is 12.8. The molecule has 4 N–H and O–H groups in total. The van der Waals surface area contributed by atoms with Crippen LogP contribution in [0.1, 0.15) is 34.6 Å². The smallest absolute Gasteiger partial charge is 0.103 e. The molecule has 112 valence electrons. The quantitative estimate of drug-likeness (QED) is 0.188. The number of halogens is 1. The Morgan fingerprint density at radius 2 is 1.89 bits per heavy atom. The molecule has 0 spiro atoms. The lowest BCUT2D eigenvalue weighted by Gasteiger charge is -2.18. The molecule has 0 aromatic rings. The van der Waals surface area contributed by atoms with E-state index < -0.39 is 0 Å².